The first-order valence-corrected chi connectivity index (χ1v) is 12.7. The minimum absolute atomic E-state index is 0.00402. The molecule has 1 N–H and O–H groups in total. The third kappa shape index (κ3) is 5.86. The van der Waals surface area contributed by atoms with E-state index in [2.05, 4.69) is 15.5 Å². The number of rotatable bonds is 7. The second kappa shape index (κ2) is 10.3. The van der Waals surface area contributed by atoms with E-state index in [0.717, 1.165) is 22.3 Å². The van der Waals surface area contributed by atoms with Gasteiger partial charge in [0.15, 0.2) is 0 Å². The molecule has 0 aliphatic rings. The number of anilines is 1. The Labute approximate surface area is 225 Å². The Hall–Kier alpha value is -3.23. The Morgan fingerprint density at radius 1 is 1.11 bits per heavy atom. The molecule has 10 heteroatoms. The number of fused-ring (bicyclic) bond motifs is 1. The Kier molecular flexibility index (Phi) is 7.44. The summed E-state index contributed by atoms with van der Waals surface area (Å²) >= 11 is 13.1. The van der Waals surface area contributed by atoms with Gasteiger partial charge in [0.1, 0.15) is 17.4 Å². The van der Waals surface area contributed by atoms with E-state index in [4.69, 9.17) is 37.2 Å². The molecule has 0 fully saturated rings. The number of benzene rings is 2. The molecule has 1 atom stereocenters. The zero-order chi connectivity index (χ0) is 27.1. The highest BCUT2D eigenvalue weighted by Crippen LogP contribution is 2.35. The molecule has 0 aliphatic heterocycles. The highest BCUT2D eigenvalue weighted by molar-refractivity contribution is 6.36. The van der Waals surface area contributed by atoms with Crippen LogP contribution < -0.4 is 10.1 Å². The Morgan fingerprint density at radius 2 is 1.84 bits per heavy atom. The van der Waals surface area contributed by atoms with Gasteiger partial charge in [0, 0.05) is 22.3 Å². The summed E-state index contributed by atoms with van der Waals surface area (Å²) in [4.78, 5) is 17.0. The first-order chi connectivity index (χ1) is 17.3. The zero-order valence-electron chi connectivity index (χ0n) is 21.8. The summed E-state index contributed by atoms with van der Waals surface area (Å²) < 4.78 is 18.5. The van der Waals surface area contributed by atoms with Crippen molar-refractivity contribution in [2.75, 3.05) is 5.32 Å². The lowest BCUT2D eigenvalue weighted by atomic mass is 10.2. The van der Waals surface area contributed by atoms with Crippen molar-refractivity contribution in [2.45, 2.75) is 66.2 Å². The number of carbonyl (C=O) groups is 1. The molecule has 4 rings (SSSR count). The van der Waals surface area contributed by atoms with E-state index in [-0.39, 0.29) is 12.1 Å². The van der Waals surface area contributed by atoms with Gasteiger partial charge in [0.25, 0.3) is 11.8 Å². The predicted octanol–water partition coefficient (Wildman–Crippen LogP) is 7.23. The summed E-state index contributed by atoms with van der Waals surface area (Å²) in [6, 6.07) is 10.4. The summed E-state index contributed by atoms with van der Waals surface area (Å²) in [5.74, 6) is 0.904. The second-order valence-electron chi connectivity index (χ2n) is 10.1. The van der Waals surface area contributed by atoms with Crippen LogP contribution in [0.5, 0.6) is 5.75 Å². The van der Waals surface area contributed by atoms with E-state index in [1.165, 1.54) is 0 Å². The molecule has 1 unspecified atom stereocenters. The van der Waals surface area contributed by atoms with Gasteiger partial charge in [-0.2, -0.15) is 4.98 Å². The molecule has 0 saturated carbocycles. The average molecular weight is 545 g/mol. The molecule has 0 spiro atoms. The quantitative estimate of drug-likeness (QED) is 0.245. The molecule has 4 aromatic rings. The van der Waals surface area contributed by atoms with Crippen LogP contribution >= 0.6 is 23.2 Å². The van der Waals surface area contributed by atoms with Gasteiger partial charge in [-0.3, -0.25) is 4.57 Å². The fourth-order valence-electron chi connectivity index (χ4n) is 3.83. The lowest BCUT2D eigenvalue weighted by Gasteiger charge is -2.23. The number of hydrogen-bond donors (Lipinski definition) is 1. The van der Waals surface area contributed by atoms with Gasteiger partial charge in [0.2, 0.25) is 0 Å². The first kappa shape index (κ1) is 26.8. The molecule has 0 bridgehead atoms. The van der Waals surface area contributed by atoms with Crippen LogP contribution in [0.3, 0.4) is 0 Å². The van der Waals surface area contributed by atoms with Crippen molar-refractivity contribution >= 4 is 45.8 Å². The van der Waals surface area contributed by atoms with Crippen molar-refractivity contribution in [3.8, 4) is 23.2 Å². The summed E-state index contributed by atoms with van der Waals surface area (Å²) in [6.07, 6.45) is 0.00402. The maximum absolute atomic E-state index is 12.4. The lowest BCUT2D eigenvalue weighted by molar-refractivity contribution is -0.155. The average Bonchev–Trinajstić information content (AvgIpc) is 3.37. The Balaban J connectivity index is 1.62. The molecule has 8 nitrogen and oxygen atoms in total. The molecule has 2 heterocycles. The minimum Gasteiger partial charge on any atom is -0.489 e. The number of nitrogens with zero attached hydrogens (tertiary/aromatic N) is 3. The number of carbonyl (C=O) groups excluding carboxylic acids is 1. The van der Waals surface area contributed by atoms with E-state index in [1.807, 2.05) is 70.4 Å². The van der Waals surface area contributed by atoms with Crippen LogP contribution in [0.1, 0.15) is 47.2 Å². The van der Waals surface area contributed by atoms with Crippen molar-refractivity contribution in [2.24, 2.45) is 0 Å². The molecule has 0 saturated heterocycles. The monoisotopic (exact) mass is 544 g/mol. The predicted molar refractivity (Wildman–Crippen MR) is 146 cm³/mol. The molecule has 2 aromatic carbocycles. The zero-order valence-corrected chi connectivity index (χ0v) is 23.4. The number of ether oxygens (including phenoxy) is 2. The van der Waals surface area contributed by atoms with Crippen molar-refractivity contribution in [3.63, 3.8) is 0 Å². The van der Waals surface area contributed by atoms with Crippen molar-refractivity contribution in [1.82, 2.24) is 14.7 Å². The maximum Gasteiger partial charge on any atom is 0.328 e. The molecular formula is C27H30Cl2N4O4. The van der Waals surface area contributed by atoms with Crippen molar-refractivity contribution in [3.05, 3.63) is 52.1 Å². The standard InChI is InChI=1S/C27H30Cl2N4O4/c1-14(2)35-22-11-8-17(12-20(22)28)24-31-26(32-37-24)33-16(4)23(29)19-13-18(9-10-21(19)33)30-15(3)25(34)36-27(5,6)7/h8-15,30H,1-7H3. The topological polar surface area (TPSA) is 91.4 Å². The van der Waals surface area contributed by atoms with Crippen LogP contribution in [0.15, 0.2) is 40.9 Å². The van der Waals surface area contributed by atoms with Gasteiger partial charge in [-0.15, -0.1) is 0 Å². The molecule has 0 aliphatic carbocycles. The summed E-state index contributed by atoms with van der Waals surface area (Å²) in [7, 11) is 0. The van der Waals surface area contributed by atoms with E-state index >= 15 is 0 Å². The minimum atomic E-state index is -0.562. The molecule has 37 heavy (non-hydrogen) atoms. The van der Waals surface area contributed by atoms with Crippen LogP contribution in [0.25, 0.3) is 28.3 Å². The van der Waals surface area contributed by atoms with E-state index in [1.54, 1.807) is 19.1 Å². The molecule has 196 valence electrons. The van der Waals surface area contributed by atoms with Gasteiger partial charge in [-0.1, -0.05) is 23.2 Å². The Morgan fingerprint density at radius 3 is 2.49 bits per heavy atom. The Bertz CT molecular complexity index is 1450. The first-order valence-electron chi connectivity index (χ1n) is 11.9. The van der Waals surface area contributed by atoms with E-state index in [9.17, 15) is 4.79 Å². The SMILES string of the molecule is Cc1c(Cl)c2cc(NC(C)C(=O)OC(C)(C)C)ccc2n1-c1noc(-c2ccc(OC(C)C)c(Cl)c2)n1. The third-order valence-corrected chi connectivity index (χ3v) is 6.20. The number of halogens is 2. The summed E-state index contributed by atoms with van der Waals surface area (Å²) in [5.41, 5.74) is 2.39. The fourth-order valence-corrected chi connectivity index (χ4v) is 4.30. The summed E-state index contributed by atoms with van der Waals surface area (Å²) in [6.45, 7) is 13.0. The van der Waals surface area contributed by atoms with Crippen LogP contribution in [0.4, 0.5) is 5.69 Å². The van der Waals surface area contributed by atoms with E-state index < -0.39 is 11.6 Å². The van der Waals surface area contributed by atoms with Gasteiger partial charge >= 0.3 is 5.97 Å². The molecular weight excluding hydrogens is 515 g/mol. The van der Waals surface area contributed by atoms with Crippen molar-refractivity contribution in [1.29, 1.82) is 0 Å². The number of aromatic nitrogens is 3. The number of hydrogen-bond acceptors (Lipinski definition) is 7. The van der Waals surface area contributed by atoms with Crippen LogP contribution in [-0.4, -0.2) is 38.4 Å². The van der Waals surface area contributed by atoms with Gasteiger partial charge in [0.05, 0.1) is 21.7 Å². The van der Waals surface area contributed by atoms with Crippen LogP contribution in [-0.2, 0) is 9.53 Å². The largest absolute Gasteiger partial charge is 0.489 e. The number of esters is 1. The summed E-state index contributed by atoms with van der Waals surface area (Å²) in [5, 5.41) is 9.15. The fraction of sp³-hybridized carbons (Fsp3) is 0.370. The molecule has 0 amide bonds. The maximum atomic E-state index is 12.4. The van der Waals surface area contributed by atoms with E-state index in [0.29, 0.717) is 33.2 Å². The normalized spacial score (nSPS) is 12.7. The molecule has 0 radical (unpaired) electrons. The van der Waals surface area contributed by atoms with Gasteiger partial charge < -0.3 is 19.3 Å². The molecule has 2 aromatic heterocycles. The highest BCUT2D eigenvalue weighted by atomic mass is 35.5. The lowest BCUT2D eigenvalue weighted by Crippen LogP contribution is -2.34. The number of nitrogens with one attached hydrogen (secondary N) is 1. The van der Waals surface area contributed by atoms with Crippen LogP contribution in [0.2, 0.25) is 10.0 Å². The van der Waals surface area contributed by atoms with Crippen LogP contribution in [0, 0.1) is 6.92 Å². The van der Waals surface area contributed by atoms with Gasteiger partial charge in [-0.25, -0.2) is 4.79 Å². The van der Waals surface area contributed by atoms with Gasteiger partial charge in [-0.05, 0) is 90.0 Å². The third-order valence-electron chi connectivity index (χ3n) is 5.43. The highest BCUT2D eigenvalue weighted by Gasteiger charge is 2.23. The smallest absolute Gasteiger partial charge is 0.328 e. The van der Waals surface area contributed by atoms with Crippen molar-refractivity contribution < 1.29 is 18.8 Å². The second-order valence-corrected chi connectivity index (χ2v) is 10.9.